The molecular weight excluding hydrogens is 511 g/mol. The number of hydrogen-bond donors (Lipinski definition) is 3. The normalized spacial score (nSPS) is 16.7. The first-order chi connectivity index (χ1) is 13.9. The van der Waals surface area contributed by atoms with Gasteiger partial charge in [-0.1, -0.05) is 31.0 Å². The lowest BCUT2D eigenvalue weighted by Gasteiger charge is -2.29. The van der Waals surface area contributed by atoms with Crippen LogP contribution in [0.4, 0.5) is 0 Å². The van der Waals surface area contributed by atoms with Crippen molar-refractivity contribution in [3.8, 4) is 0 Å². The predicted molar refractivity (Wildman–Crippen MR) is 136 cm³/mol. The van der Waals surface area contributed by atoms with E-state index in [1.807, 2.05) is 39.2 Å². The lowest BCUT2D eigenvalue weighted by molar-refractivity contribution is -0.138. The number of hydrogen-bond acceptors (Lipinski definition) is 4. The van der Waals surface area contributed by atoms with Crippen LogP contribution in [0.2, 0.25) is 0 Å². The van der Waals surface area contributed by atoms with Crippen LogP contribution in [0.25, 0.3) is 10.1 Å². The van der Waals surface area contributed by atoms with Crippen molar-refractivity contribution in [1.82, 2.24) is 15.5 Å². The summed E-state index contributed by atoms with van der Waals surface area (Å²) in [5.74, 6) is 0.811. The molecule has 0 saturated heterocycles. The first-order valence-electron chi connectivity index (χ1n) is 10.4. The summed E-state index contributed by atoms with van der Waals surface area (Å²) >= 11 is 1.61. The predicted octanol–water partition coefficient (Wildman–Crippen LogP) is 3.76. The van der Waals surface area contributed by atoms with Gasteiger partial charge < -0.3 is 20.6 Å². The van der Waals surface area contributed by atoms with Crippen LogP contribution < -0.4 is 10.6 Å². The summed E-state index contributed by atoms with van der Waals surface area (Å²) in [5, 5.41) is 18.3. The average Bonchev–Trinajstić information content (AvgIpc) is 3.36. The fourth-order valence-electron chi connectivity index (χ4n) is 4.00. The average molecular weight is 545 g/mol. The molecule has 166 valence electrons. The number of nitrogens with one attached hydrogen (secondary N) is 2. The zero-order chi connectivity index (χ0) is 20.9. The second-order valence-electron chi connectivity index (χ2n) is 7.97. The molecule has 0 bridgehead atoms. The van der Waals surface area contributed by atoms with E-state index in [1.165, 1.54) is 4.70 Å². The Morgan fingerprint density at radius 2 is 1.97 bits per heavy atom. The van der Waals surface area contributed by atoms with Crippen molar-refractivity contribution in [3.05, 3.63) is 35.2 Å². The van der Waals surface area contributed by atoms with Gasteiger partial charge in [0.2, 0.25) is 5.91 Å². The number of rotatable bonds is 7. The second kappa shape index (κ2) is 11.3. The van der Waals surface area contributed by atoms with Gasteiger partial charge in [0.25, 0.3) is 0 Å². The van der Waals surface area contributed by atoms with Crippen molar-refractivity contribution in [2.75, 3.05) is 33.7 Å². The minimum atomic E-state index is -0.611. The fraction of sp³-hybridized carbons (Fsp3) is 0.545. The highest BCUT2D eigenvalue weighted by Crippen LogP contribution is 2.39. The van der Waals surface area contributed by atoms with Gasteiger partial charge in [-0.05, 0) is 37.3 Å². The van der Waals surface area contributed by atoms with Crippen molar-refractivity contribution >= 4 is 57.3 Å². The molecule has 1 atom stereocenters. The number of guanidine groups is 1. The first kappa shape index (κ1) is 24.9. The molecule has 6 nitrogen and oxygen atoms in total. The van der Waals surface area contributed by atoms with Crippen molar-refractivity contribution in [3.63, 3.8) is 0 Å². The van der Waals surface area contributed by atoms with E-state index in [0.717, 1.165) is 42.5 Å². The van der Waals surface area contributed by atoms with Crippen molar-refractivity contribution in [1.29, 1.82) is 0 Å². The van der Waals surface area contributed by atoms with E-state index < -0.39 is 11.5 Å². The van der Waals surface area contributed by atoms with E-state index in [9.17, 15) is 9.90 Å². The van der Waals surface area contributed by atoms with Crippen LogP contribution in [-0.4, -0.2) is 55.6 Å². The Kier molecular flexibility index (Phi) is 9.36. The third-order valence-electron chi connectivity index (χ3n) is 5.54. The van der Waals surface area contributed by atoms with Crippen LogP contribution in [0.5, 0.6) is 0 Å². The van der Waals surface area contributed by atoms with Crippen LogP contribution in [0.3, 0.4) is 0 Å². The smallest absolute Gasteiger partial charge is 0.230 e. The molecule has 3 N–H and O–H groups in total. The maximum atomic E-state index is 12.8. The van der Waals surface area contributed by atoms with Gasteiger partial charge >= 0.3 is 0 Å². The summed E-state index contributed by atoms with van der Waals surface area (Å²) in [6.45, 7) is 3.57. The number of carbonyl (C=O) groups is 1. The Labute approximate surface area is 200 Å². The van der Waals surface area contributed by atoms with E-state index >= 15 is 0 Å². The zero-order valence-corrected chi connectivity index (χ0v) is 21.1. The summed E-state index contributed by atoms with van der Waals surface area (Å²) in [6, 6.07) is 10.2. The Morgan fingerprint density at radius 3 is 2.60 bits per heavy atom. The van der Waals surface area contributed by atoms with Gasteiger partial charge in [-0.2, -0.15) is 0 Å². The standard InChI is InChI=1S/C22H32N4O2S.HI/c1-4-23-21(25-15-22(11-7-8-12-22)20(28)26(2)3)24-14-17(27)19-13-16-9-5-6-10-18(16)29-19;/h5-6,9-10,13,17,27H,4,7-8,11-12,14-15H2,1-3H3,(H2,23,24,25);1H. The molecule has 1 amide bonds. The van der Waals surface area contributed by atoms with Gasteiger partial charge in [0.1, 0.15) is 6.10 Å². The molecule has 8 heteroatoms. The molecular formula is C22H33IN4O2S. The number of benzene rings is 1. The Hall–Kier alpha value is -1.39. The van der Waals surface area contributed by atoms with E-state index in [0.29, 0.717) is 19.0 Å². The summed E-state index contributed by atoms with van der Waals surface area (Å²) in [7, 11) is 3.63. The fourth-order valence-corrected chi connectivity index (χ4v) is 5.05. The molecule has 1 aromatic heterocycles. The van der Waals surface area contributed by atoms with Gasteiger partial charge in [-0.25, -0.2) is 0 Å². The highest BCUT2D eigenvalue weighted by molar-refractivity contribution is 14.0. The molecule has 0 spiro atoms. The van der Waals surface area contributed by atoms with Crippen LogP contribution in [0, 0.1) is 5.41 Å². The van der Waals surface area contributed by atoms with E-state index in [2.05, 4.69) is 22.8 Å². The molecule has 1 unspecified atom stereocenters. The summed E-state index contributed by atoms with van der Waals surface area (Å²) in [5.41, 5.74) is -0.393. The molecule has 1 aromatic carbocycles. The molecule has 3 rings (SSSR count). The molecule has 1 aliphatic carbocycles. The minimum absolute atomic E-state index is 0. The summed E-state index contributed by atoms with van der Waals surface area (Å²) in [4.78, 5) is 20.1. The van der Waals surface area contributed by atoms with E-state index in [-0.39, 0.29) is 29.9 Å². The topological polar surface area (TPSA) is 77.0 Å². The van der Waals surface area contributed by atoms with Crippen LogP contribution in [0.1, 0.15) is 43.6 Å². The SMILES string of the molecule is CCNC(=NCC1(C(=O)N(C)C)CCCC1)NCC(O)c1cc2ccccc2s1.I. The maximum absolute atomic E-state index is 12.8. The number of thiophene rings is 1. The Balaban J connectivity index is 0.00000320. The summed E-state index contributed by atoms with van der Waals surface area (Å²) in [6.07, 6.45) is 3.31. The van der Waals surface area contributed by atoms with Gasteiger partial charge in [-0.15, -0.1) is 35.3 Å². The zero-order valence-electron chi connectivity index (χ0n) is 18.0. The maximum Gasteiger partial charge on any atom is 0.230 e. The van der Waals surface area contributed by atoms with Gasteiger partial charge in [0.05, 0.1) is 12.0 Å². The van der Waals surface area contributed by atoms with Crippen molar-refractivity contribution in [2.45, 2.75) is 38.7 Å². The minimum Gasteiger partial charge on any atom is -0.386 e. The molecule has 1 fully saturated rings. The third-order valence-corrected chi connectivity index (χ3v) is 6.76. The van der Waals surface area contributed by atoms with E-state index in [4.69, 9.17) is 4.99 Å². The number of aliphatic hydroxyl groups excluding tert-OH is 1. The number of fused-ring (bicyclic) bond motifs is 1. The number of aliphatic hydroxyl groups is 1. The van der Waals surface area contributed by atoms with Crippen LogP contribution >= 0.6 is 35.3 Å². The number of nitrogens with zero attached hydrogens (tertiary/aromatic N) is 2. The highest BCUT2D eigenvalue weighted by Gasteiger charge is 2.42. The molecule has 30 heavy (non-hydrogen) atoms. The third kappa shape index (κ3) is 5.85. The van der Waals surface area contributed by atoms with Crippen LogP contribution in [-0.2, 0) is 4.79 Å². The van der Waals surface area contributed by atoms with Crippen molar-refractivity contribution < 1.29 is 9.90 Å². The molecule has 1 saturated carbocycles. The lowest BCUT2D eigenvalue weighted by Crippen LogP contribution is -2.43. The Morgan fingerprint density at radius 1 is 1.27 bits per heavy atom. The molecule has 1 heterocycles. The largest absolute Gasteiger partial charge is 0.386 e. The van der Waals surface area contributed by atoms with Crippen LogP contribution in [0.15, 0.2) is 35.3 Å². The highest BCUT2D eigenvalue weighted by atomic mass is 127. The van der Waals surface area contributed by atoms with Gasteiger partial charge in [-0.3, -0.25) is 9.79 Å². The molecule has 1 aliphatic rings. The quantitative estimate of drug-likeness (QED) is 0.282. The molecule has 0 aliphatic heterocycles. The number of aliphatic imine (C=N–C) groups is 1. The van der Waals surface area contributed by atoms with E-state index in [1.54, 1.807) is 16.2 Å². The molecule has 0 radical (unpaired) electrons. The van der Waals surface area contributed by atoms with Gasteiger partial charge in [0.15, 0.2) is 5.96 Å². The van der Waals surface area contributed by atoms with Gasteiger partial charge in [0, 0.05) is 36.8 Å². The number of halogens is 1. The second-order valence-corrected chi connectivity index (χ2v) is 9.08. The summed E-state index contributed by atoms with van der Waals surface area (Å²) < 4.78 is 1.17. The van der Waals surface area contributed by atoms with Crippen molar-refractivity contribution in [2.24, 2.45) is 10.4 Å². The lowest BCUT2D eigenvalue weighted by atomic mass is 9.85. The monoisotopic (exact) mass is 544 g/mol. The molecule has 2 aromatic rings. The Bertz CT molecular complexity index is 829. The number of carbonyl (C=O) groups excluding carboxylic acids is 1. The first-order valence-corrected chi connectivity index (χ1v) is 11.2. The number of amides is 1.